The molecule has 1 aromatic heterocycles. The van der Waals surface area contributed by atoms with Gasteiger partial charge in [-0.25, -0.2) is 4.98 Å². The minimum Gasteiger partial charge on any atom is -0.378 e. The normalized spacial score (nSPS) is 11.6. The lowest BCUT2D eigenvalue weighted by Crippen LogP contribution is -2.11. The molecule has 0 bridgehead atoms. The van der Waals surface area contributed by atoms with Gasteiger partial charge >= 0.3 is 10.1 Å². The van der Waals surface area contributed by atoms with E-state index in [9.17, 15) is 8.42 Å². The first-order chi connectivity index (χ1) is 15.4. The van der Waals surface area contributed by atoms with E-state index < -0.39 is 10.1 Å². The van der Waals surface area contributed by atoms with Crippen LogP contribution in [0.15, 0.2) is 88.9 Å². The zero-order valence-electron chi connectivity index (χ0n) is 17.5. The molecule has 0 unspecified atom stereocenters. The van der Waals surface area contributed by atoms with Gasteiger partial charge in [0.25, 0.3) is 0 Å². The number of nitrogens with one attached hydrogen (secondary N) is 1. The van der Waals surface area contributed by atoms with Crippen molar-refractivity contribution in [3.8, 4) is 17.0 Å². The second-order valence-electron chi connectivity index (χ2n) is 7.05. The molecule has 6 nitrogen and oxygen atoms in total. The quantitative estimate of drug-likeness (QED) is 0.218. The molecule has 0 spiro atoms. The van der Waals surface area contributed by atoms with Crippen molar-refractivity contribution >= 4 is 32.8 Å². The van der Waals surface area contributed by atoms with Crippen LogP contribution in [-0.4, -0.2) is 19.6 Å². The number of thiazole rings is 1. The molecule has 0 fully saturated rings. The number of benzene rings is 3. The van der Waals surface area contributed by atoms with E-state index in [1.807, 2.05) is 44.2 Å². The molecule has 8 heteroatoms. The van der Waals surface area contributed by atoms with Gasteiger partial charge in [-0.1, -0.05) is 60.2 Å². The number of hydrazone groups is 1. The van der Waals surface area contributed by atoms with Crippen molar-refractivity contribution in [1.29, 1.82) is 0 Å². The van der Waals surface area contributed by atoms with E-state index in [-0.39, 0.29) is 10.6 Å². The Morgan fingerprint density at radius 3 is 2.38 bits per heavy atom. The third kappa shape index (κ3) is 5.04. The average molecular weight is 464 g/mol. The van der Waals surface area contributed by atoms with Crippen molar-refractivity contribution < 1.29 is 12.6 Å². The van der Waals surface area contributed by atoms with E-state index in [0.717, 1.165) is 21.7 Å². The van der Waals surface area contributed by atoms with Crippen molar-refractivity contribution in [2.24, 2.45) is 5.10 Å². The Balaban J connectivity index is 1.51. The zero-order valence-corrected chi connectivity index (χ0v) is 19.2. The predicted octanol–water partition coefficient (Wildman–Crippen LogP) is 5.64. The Labute approximate surface area is 191 Å². The molecule has 162 valence electrons. The topological polar surface area (TPSA) is 80.7 Å². The van der Waals surface area contributed by atoms with Crippen LogP contribution < -0.4 is 9.61 Å². The molecule has 4 aromatic rings. The maximum Gasteiger partial charge on any atom is 0.339 e. The standard InChI is InChI=1S/C24H21N3O3S2/c1-17-12-14-21(15-13-17)32(28,29)30-22-11-7-6-10-20(22)16-25-27-24-26-23(18(2)31-24)19-8-4-3-5-9-19/h3-16H,1-2H3,(H,26,27)/b25-16+. The molecule has 0 saturated heterocycles. The lowest BCUT2D eigenvalue weighted by molar-refractivity contribution is 0.485. The number of hydrogen-bond donors (Lipinski definition) is 1. The predicted molar refractivity (Wildman–Crippen MR) is 129 cm³/mol. The maximum atomic E-state index is 12.6. The molecular weight excluding hydrogens is 442 g/mol. The van der Waals surface area contributed by atoms with Crippen LogP contribution in [0.2, 0.25) is 0 Å². The summed E-state index contributed by atoms with van der Waals surface area (Å²) in [5.41, 5.74) is 6.36. The first-order valence-electron chi connectivity index (χ1n) is 9.84. The van der Waals surface area contributed by atoms with Gasteiger partial charge in [-0.3, -0.25) is 5.43 Å². The Morgan fingerprint density at radius 1 is 0.938 bits per heavy atom. The first kappa shape index (κ1) is 21.7. The zero-order chi connectivity index (χ0) is 22.6. The monoisotopic (exact) mass is 463 g/mol. The SMILES string of the molecule is Cc1ccc(S(=O)(=O)Oc2ccccc2/C=N/Nc2nc(-c3ccccc3)c(C)s2)cc1. The molecule has 0 saturated carbocycles. The highest BCUT2D eigenvalue weighted by Crippen LogP contribution is 2.30. The van der Waals surface area contributed by atoms with Crippen molar-refractivity contribution in [3.05, 3.63) is 94.9 Å². The highest BCUT2D eigenvalue weighted by molar-refractivity contribution is 7.87. The largest absolute Gasteiger partial charge is 0.378 e. The maximum absolute atomic E-state index is 12.6. The molecule has 1 N–H and O–H groups in total. The van der Waals surface area contributed by atoms with Gasteiger partial charge in [0.1, 0.15) is 4.90 Å². The van der Waals surface area contributed by atoms with Crippen molar-refractivity contribution in [2.45, 2.75) is 18.7 Å². The van der Waals surface area contributed by atoms with Crippen LogP contribution in [0.1, 0.15) is 16.0 Å². The molecule has 0 aliphatic rings. The van der Waals surface area contributed by atoms with E-state index >= 15 is 0 Å². The fraction of sp³-hybridized carbons (Fsp3) is 0.0833. The molecule has 0 radical (unpaired) electrons. The molecule has 0 aliphatic heterocycles. The number of rotatable bonds is 7. The van der Waals surface area contributed by atoms with Gasteiger partial charge in [0.2, 0.25) is 5.13 Å². The second-order valence-corrected chi connectivity index (χ2v) is 9.80. The summed E-state index contributed by atoms with van der Waals surface area (Å²) in [5, 5.41) is 4.87. The van der Waals surface area contributed by atoms with Crippen molar-refractivity contribution in [1.82, 2.24) is 4.98 Å². The summed E-state index contributed by atoms with van der Waals surface area (Å²) < 4.78 is 30.7. The third-order valence-electron chi connectivity index (χ3n) is 4.64. The Hall–Kier alpha value is -3.49. The summed E-state index contributed by atoms with van der Waals surface area (Å²) in [6, 6.07) is 23.3. The lowest BCUT2D eigenvalue weighted by Gasteiger charge is -2.09. The van der Waals surface area contributed by atoms with Crippen molar-refractivity contribution in [3.63, 3.8) is 0 Å². The van der Waals surface area contributed by atoms with Crippen molar-refractivity contribution in [2.75, 3.05) is 5.43 Å². The summed E-state index contributed by atoms with van der Waals surface area (Å²) in [6.07, 6.45) is 1.51. The van der Waals surface area contributed by atoms with Crippen LogP contribution >= 0.6 is 11.3 Å². The number of aromatic nitrogens is 1. The Morgan fingerprint density at radius 2 is 1.62 bits per heavy atom. The Bertz CT molecular complexity index is 1350. The smallest absolute Gasteiger partial charge is 0.339 e. The number of nitrogens with zero attached hydrogens (tertiary/aromatic N) is 2. The molecule has 32 heavy (non-hydrogen) atoms. The molecule has 3 aromatic carbocycles. The number of anilines is 1. The van der Waals surface area contributed by atoms with Crippen LogP contribution in [-0.2, 0) is 10.1 Å². The minimum atomic E-state index is -3.96. The molecule has 0 aliphatic carbocycles. The minimum absolute atomic E-state index is 0.0969. The fourth-order valence-corrected chi connectivity index (χ4v) is 4.74. The van der Waals surface area contributed by atoms with Crippen LogP contribution in [0, 0.1) is 13.8 Å². The highest BCUT2D eigenvalue weighted by atomic mass is 32.2. The summed E-state index contributed by atoms with van der Waals surface area (Å²) in [6.45, 7) is 3.90. The van der Waals surface area contributed by atoms with Gasteiger partial charge in [0.15, 0.2) is 5.75 Å². The van der Waals surface area contributed by atoms with E-state index in [0.29, 0.717) is 10.7 Å². The van der Waals surface area contributed by atoms with E-state index in [1.165, 1.54) is 29.7 Å². The molecule has 0 amide bonds. The number of para-hydroxylation sites is 1. The second kappa shape index (κ2) is 9.33. The van der Waals surface area contributed by atoms with Gasteiger partial charge in [-0.2, -0.15) is 13.5 Å². The van der Waals surface area contributed by atoms with Gasteiger partial charge in [-0.05, 0) is 38.1 Å². The lowest BCUT2D eigenvalue weighted by atomic mass is 10.1. The Kier molecular flexibility index (Phi) is 6.34. The number of aryl methyl sites for hydroxylation is 2. The van der Waals surface area contributed by atoms with Crippen LogP contribution in [0.25, 0.3) is 11.3 Å². The van der Waals surface area contributed by atoms with Crippen LogP contribution in [0.5, 0.6) is 5.75 Å². The van der Waals surface area contributed by atoms with Crippen LogP contribution in [0.3, 0.4) is 0 Å². The first-order valence-corrected chi connectivity index (χ1v) is 12.1. The number of hydrogen-bond acceptors (Lipinski definition) is 7. The van der Waals surface area contributed by atoms with Gasteiger partial charge < -0.3 is 4.18 Å². The summed E-state index contributed by atoms with van der Waals surface area (Å²) >= 11 is 1.49. The van der Waals surface area contributed by atoms with Gasteiger partial charge in [0, 0.05) is 16.0 Å². The van der Waals surface area contributed by atoms with E-state index in [1.54, 1.807) is 36.4 Å². The molecule has 1 heterocycles. The van der Waals surface area contributed by atoms with E-state index in [2.05, 4.69) is 15.5 Å². The van der Waals surface area contributed by atoms with Crippen LogP contribution in [0.4, 0.5) is 5.13 Å². The third-order valence-corrected chi connectivity index (χ3v) is 6.76. The average Bonchev–Trinajstić information content (AvgIpc) is 3.16. The summed E-state index contributed by atoms with van der Waals surface area (Å²) in [5.74, 6) is 0.193. The van der Waals surface area contributed by atoms with Gasteiger partial charge in [-0.15, -0.1) is 11.3 Å². The van der Waals surface area contributed by atoms with Gasteiger partial charge in [0.05, 0.1) is 11.9 Å². The summed E-state index contributed by atoms with van der Waals surface area (Å²) in [4.78, 5) is 5.77. The fourth-order valence-electron chi connectivity index (χ4n) is 3.00. The van der Waals surface area contributed by atoms with E-state index in [4.69, 9.17) is 4.18 Å². The molecule has 4 rings (SSSR count). The molecule has 0 atom stereocenters. The molecular formula is C24H21N3O3S2. The summed E-state index contributed by atoms with van der Waals surface area (Å²) in [7, 11) is -3.96. The highest BCUT2D eigenvalue weighted by Gasteiger charge is 2.18.